The molecular weight excluding hydrogens is 224 g/mol. The van der Waals surface area contributed by atoms with Crippen molar-refractivity contribution >= 4 is 11.6 Å². The van der Waals surface area contributed by atoms with Gasteiger partial charge in [0.15, 0.2) is 0 Å². The molecule has 0 aromatic carbocycles. The molecule has 1 aliphatic carbocycles. The number of hydrogen-bond donors (Lipinski definition) is 0. The van der Waals surface area contributed by atoms with Gasteiger partial charge >= 0.3 is 0 Å². The van der Waals surface area contributed by atoms with E-state index in [0.717, 1.165) is 30.5 Å². The molecule has 2 aromatic heterocycles. The lowest BCUT2D eigenvalue weighted by atomic mass is 9.98. The summed E-state index contributed by atoms with van der Waals surface area (Å²) in [5, 5.41) is 4.41. The van der Waals surface area contributed by atoms with E-state index in [-0.39, 0.29) is 5.38 Å². The maximum absolute atomic E-state index is 6.25. The van der Waals surface area contributed by atoms with Gasteiger partial charge in [-0.3, -0.25) is 0 Å². The molecule has 2 aromatic rings. The molecule has 0 saturated heterocycles. The molecule has 0 saturated carbocycles. The zero-order chi connectivity index (χ0) is 11.0. The van der Waals surface area contributed by atoms with Crippen LogP contribution in [0.15, 0.2) is 24.7 Å². The zero-order valence-electron chi connectivity index (χ0n) is 8.67. The molecule has 82 valence electrons. The first-order valence-electron chi connectivity index (χ1n) is 5.34. The molecule has 0 fully saturated rings. The second-order valence-electron chi connectivity index (χ2n) is 3.87. The molecule has 0 amide bonds. The third-order valence-corrected chi connectivity index (χ3v) is 3.30. The Morgan fingerprint density at radius 1 is 1.31 bits per heavy atom. The molecule has 16 heavy (non-hydrogen) atoms. The predicted molar refractivity (Wildman–Crippen MR) is 60.7 cm³/mol. The van der Waals surface area contributed by atoms with Gasteiger partial charge in [-0.1, -0.05) is 0 Å². The van der Waals surface area contributed by atoms with E-state index in [9.17, 15) is 0 Å². The molecule has 0 N–H and O–H groups in total. The monoisotopic (exact) mass is 234 g/mol. The minimum Gasteiger partial charge on any atom is -0.220 e. The van der Waals surface area contributed by atoms with E-state index < -0.39 is 0 Å². The second-order valence-corrected chi connectivity index (χ2v) is 4.39. The molecule has 1 atom stereocenters. The van der Waals surface area contributed by atoms with Crippen LogP contribution in [0.25, 0.3) is 5.95 Å². The first-order chi connectivity index (χ1) is 7.86. The van der Waals surface area contributed by atoms with Gasteiger partial charge in [-0.2, -0.15) is 5.10 Å². The second kappa shape index (κ2) is 3.87. The molecule has 0 spiro atoms. The number of nitrogens with zero attached hydrogens (tertiary/aromatic N) is 4. The van der Waals surface area contributed by atoms with Crippen LogP contribution in [0, 0.1) is 0 Å². The highest BCUT2D eigenvalue weighted by molar-refractivity contribution is 6.20. The zero-order valence-corrected chi connectivity index (χ0v) is 9.43. The van der Waals surface area contributed by atoms with E-state index in [4.69, 9.17) is 11.6 Å². The van der Waals surface area contributed by atoms with Crippen LogP contribution in [0.4, 0.5) is 0 Å². The van der Waals surface area contributed by atoms with Crippen molar-refractivity contribution in [1.29, 1.82) is 0 Å². The van der Waals surface area contributed by atoms with Crippen LogP contribution in [0.1, 0.15) is 29.5 Å². The lowest BCUT2D eigenvalue weighted by Gasteiger charge is -2.17. The van der Waals surface area contributed by atoms with Gasteiger partial charge in [0, 0.05) is 18.0 Å². The molecule has 0 radical (unpaired) electrons. The molecule has 0 bridgehead atoms. The highest BCUT2D eigenvalue weighted by Crippen LogP contribution is 2.34. The summed E-state index contributed by atoms with van der Waals surface area (Å²) < 4.78 is 1.80. The van der Waals surface area contributed by atoms with Crippen LogP contribution < -0.4 is 0 Å². The molecule has 3 rings (SSSR count). The number of alkyl halides is 1. The van der Waals surface area contributed by atoms with Crippen molar-refractivity contribution in [1.82, 2.24) is 19.7 Å². The Morgan fingerprint density at radius 3 is 2.94 bits per heavy atom. The number of rotatable bonds is 1. The summed E-state index contributed by atoms with van der Waals surface area (Å²) in [5.41, 5.74) is 2.28. The molecule has 2 heterocycles. The van der Waals surface area contributed by atoms with Gasteiger partial charge in [-0.05, 0) is 25.3 Å². The summed E-state index contributed by atoms with van der Waals surface area (Å²) in [4.78, 5) is 8.40. The summed E-state index contributed by atoms with van der Waals surface area (Å²) in [7, 11) is 0. The van der Waals surface area contributed by atoms with Gasteiger partial charge in [-0.15, -0.1) is 11.6 Å². The Labute approximate surface area is 98.3 Å². The summed E-state index contributed by atoms with van der Waals surface area (Å²) in [6, 6.07) is 1.80. The summed E-state index contributed by atoms with van der Waals surface area (Å²) in [6.07, 6.45) is 8.39. The average molecular weight is 235 g/mol. The van der Waals surface area contributed by atoms with Crippen molar-refractivity contribution in [3.05, 3.63) is 35.9 Å². The third-order valence-electron chi connectivity index (χ3n) is 2.85. The molecule has 5 heteroatoms. The van der Waals surface area contributed by atoms with Crippen LogP contribution >= 0.6 is 11.6 Å². The Balaban J connectivity index is 2.10. The highest BCUT2D eigenvalue weighted by atomic mass is 35.5. The fourth-order valence-corrected chi connectivity index (χ4v) is 2.41. The van der Waals surface area contributed by atoms with Crippen molar-refractivity contribution in [2.45, 2.75) is 24.6 Å². The Hall–Kier alpha value is -1.42. The van der Waals surface area contributed by atoms with Crippen LogP contribution in [0.5, 0.6) is 0 Å². The van der Waals surface area contributed by atoms with Gasteiger partial charge in [0.1, 0.15) is 0 Å². The van der Waals surface area contributed by atoms with Crippen LogP contribution in [-0.4, -0.2) is 19.7 Å². The van der Waals surface area contributed by atoms with Crippen molar-refractivity contribution in [3.63, 3.8) is 0 Å². The first kappa shape index (κ1) is 9.78. The predicted octanol–water partition coefficient (Wildman–Crippen LogP) is 2.28. The van der Waals surface area contributed by atoms with Crippen molar-refractivity contribution in [2.75, 3.05) is 0 Å². The van der Waals surface area contributed by atoms with Gasteiger partial charge in [0.05, 0.1) is 17.3 Å². The van der Waals surface area contributed by atoms with Gasteiger partial charge < -0.3 is 0 Å². The molecule has 1 aliphatic rings. The van der Waals surface area contributed by atoms with E-state index in [0.29, 0.717) is 5.95 Å². The number of halogens is 1. The number of aromatic nitrogens is 4. The molecule has 1 unspecified atom stereocenters. The maximum atomic E-state index is 6.25. The van der Waals surface area contributed by atoms with E-state index in [1.807, 2.05) is 6.20 Å². The summed E-state index contributed by atoms with van der Waals surface area (Å²) >= 11 is 6.25. The topological polar surface area (TPSA) is 43.6 Å². The van der Waals surface area contributed by atoms with Crippen molar-refractivity contribution < 1.29 is 0 Å². The van der Waals surface area contributed by atoms with Crippen LogP contribution in [0.2, 0.25) is 0 Å². The maximum Gasteiger partial charge on any atom is 0.250 e. The minimum absolute atomic E-state index is 0.0845. The van der Waals surface area contributed by atoms with E-state index >= 15 is 0 Å². The smallest absolute Gasteiger partial charge is 0.220 e. The SMILES string of the molecule is ClC1CCCc2c1cnn2-c1ncccn1. The lowest BCUT2D eigenvalue weighted by Crippen LogP contribution is -2.11. The standard InChI is InChI=1S/C11H11ClN4/c12-9-3-1-4-10-8(9)7-15-16(10)11-13-5-2-6-14-11/h2,5-7,9H,1,3-4H2. The Morgan fingerprint density at radius 2 is 2.12 bits per heavy atom. The van der Waals surface area contributed by atoms with Gasteiger partial charge in [0.25, 0.3) is 5.95 Å². The van der Waals surface area contributed by atoms with Crippen LogP contribution in [-0.2, 0) is 6.42 Å². The van der Waals surface area contributed by atoms with E-state index in [2.05, 4.69) is 15.1 Å². The van der Waals surface area contributed by atoms with E-state index in [1.165, 1.54) is 0 Å². The third kappa shape index (κ3) is 1.50. The largest absolute Gasteiger partial charge is 0.250 e. The Kier molecular flexibility index (Phi) is 2.36. The highest BCUT2D eigenvalue weighted by Gasteiger charge is 2.23. The van der Waals surface area contributed by atoms with Gasteiger partial charge in [0.2, 0.25) is 0 Å². The summed E-state index contributed by atoms with van der Waals surface area (Å²) in [5.74, 6) is 0.620. The molecule has 4 nitrogen and oxygen atoms in total. The average Bonchev–Trinajstić information content (AvgIpc) is 2.75. The lowest BCUT2D eigenvalue weighted by molar-refractivity contribution is 0.631. The van der Waals surface area contributed by atoms with Crippen molar-refractivity contribution in [3.8, 4) is 5.95 Å². The quantitative estimate of drug-likeness (QED) is 0.711. The fraction of sp³-hybridized carbons (Fsp3) is 0.364. The normalized spacial score (nSPS) is 19.4. The summed E-state index contributed by atoms with van der Waals surface area (Å²) in [6.45, 7) is 0. The number of fused-ring (bicyclic) bond motifs is 1. The van der Waals surface area contributed by atoms with Crippen LogP contribution in [0.3, 0.4) is 0 Å². The van der Waals surface area contributed by atoms with E-state index in [1.54, 1.807) is 23.1 Å². The molecular formula is C11H11ClN4. The molecule has 0 aliphatic heterocycles. The number of hydrogen-bond acceptors (Lipinski definition) is 3. The minimum atomic E-state index is 0.0845. The van der Waals surface area contributed by atoms with Gasteiger partial charge in [-0.25, -0.2) is 14.6 Å². The van der Waals surface area contributed by atoms with Crippen molar-refractivity contribution in [2.24, 2.45) is 0 Å². The fourth-order valence-electron chi connectivity index (χ4n) is 2.08. The Bertz CT molecular complexity index is 494. The first-order valence-corrected chi connectivity index (χ1v) is 5.78.